The van der Waals surface area contributed by atoms with Crippen molar-refractivity contribution in [1.82, 2.24) is 4.98 Å². The van der Waals surface area contributed by atoms with Gasteiger partial charge in [-0.25, -0.2) is 0 Å². The maximum Gasteiger partial charge on any atom is 0.0855 e. The first-order chi connectivity index (χ1) is 8.63. The fourth-order valence-corrected chi connectivity index (χ4v) is 2.85. The predicted molar refractivity (Wildman–Crippen MR) is 76.9 cm³/mol. The highest BCUT2D eigenvalue weighted by Gasteiger charge is 2.10. The quantitative estimate of drug-likeness (QED) is 0.769. The fourth-order valence-electron chi connectivity index (χ4n) is 2.06. The summed E-state index contributed by atoms with van der Waals surface area (Å²) >= 11 is 1.58. The zero-order valence-corrected chi connectivity index (χ0v) is 11.7. The van der Waals surface area contributed by atoms with E-state index in [-0.39, 0.29) is 0 Å². The van der Waals surface area contributed by atoms with Crippen molar-refractivity contribution >= 4 is 22.7 Å². The molecule has 1 aromatic heterocycles. The number of hydrogen-bond donors (Lipinski definition) is 0. The van der Waals surface area contributed by atoms with Crippen molar-refractivity contribution in [3.63, 3.8) is 0 Å². The van der Waals surface area contributed by atoms with Crippen LogP contribution < -0.4 is 0 Å². The molecule has 0 amide bonds. The number of rotatable bonds is 3. The minimum atomic E-state index is 0.455. The van der Waals surface area contributed by atoms with E-state index in [2.05, 4.69) is 49.2 Å². The van der Waals surface area contributed by atoms with Gasteiger partial charge in [0.25, 0.3) is 0 Å². The predicted octanol–water partition coefficient (Wildman–Crippen LogP) is 4.28. The van der Waals surface area contributed by atoms with Crippen molar-refractivity contribution in [2.75, 3.05) is 5.75 Å². The molecule has 2 aromatic rings. The van der Waals surface area contributed by atoms with Gasteiger partial charge in [0.2, 0.25) is 0 Å². The van der Waals surface area contributed by atoms with Crippen LogP contribution in [0.3, 0.4) is 0 Å². The van der Waals surface area contributed by atoms with Crippen LogP contribution in [0.4, 0.5) is 0 Å². The Kier molecular flexibility index (Phi) is 3.88. The Morgan fingerprint density at radius 2 is 2.17 bits per heavy atom. The van der Waals surface area contributed by atoms with E-state index in [0.717, 1.165) is 21.5 Å². The molecule has 0 fully saturated rings. The number of aromatic nitrogens is 1. The van der Waals surface area contributed by atoms with Crippen LogP contribution in [-0.2, 0) is 0 Å². The molecule has 18 heavy (non-hydrogen) atoms. The van der Waals surface area contributed by atoms with E-state index in [0.29, 0.717) is 11.7 Å². The number of nitrogens with zero attached hydrogens (tertiary/aromatic N) is 2. The van der Waals surface area contributed by atoms with E-state index in [9.17, 15) is 0 Å². The van der Waals surface area contributed by atoms with E-state index in [1.54, 1.807) is 11.8 Å². The van der Waals surface area contributed by atoms with E-state index >= 15 is 0 Å². The summed E-state index contributed by atoms with van der Waals surface area (Å²) in [4.78, 5) is 5.82. The molecule has 1 heterocycles. The summed E-state index contributed by atoms with van der Waals surface area (Å²) in [6.45, 7) is 6.37. The van der Waals surface area contributed by atoms with Crippen LogP contribution in [-0.4, -0.2) is 10.7 Å². The second-order valence-electron chi connectivity index (χ2n) is 4.61. The zero-order valence-electron chi connectivity index (χ0n) is 10.9. The van der Waals surface area contributed by atoms with Crippen molar-refractivity contribution in [2.24, 2.45) is 0 Å². The molecule has 0 unspecified atom stereocenters. The van der Waals surface area contributed by atoms with Gasteiger partial charge in [0.15, 0.2) is 0 Å². The van der Waals surface area contributed by atoms with Crippen LogP contribution in [0.5, 0.6) is 0 Å². The van der Waals surface area contributed by atoms with Gasteiger partial charge in [-0.05, 0) is 24.5 Å². The van der Waals surface area contributed by atoms with E-state index in [1.807, 2.05) is 6.92 Å². The van der Waals surface area contributed by atoms with E-state index in [4.69, 9.17) is 5.26 Å². The molecule has 0 N–H and O–H groups in total. The van der Waals surface area contributed by atoms with Crippen molar-refractivity contribution in [3.8, 4) is 6.07 Å². The smallest absolute Gasteiger partial charge is 0.0855 e. The lowest BCUT2D eigenvalue weighted by molar-refractivity contribution is 0.871. The molecule has 1 aromatic carbocycles. The number of para-hydroxylation sites is 1. The van der Waals surface area contributed by atoms with Gasteiger partial charge in [0, 0.05) is 16.0 Å². The van der Waals surface area contributed by atoms with Gasteiger partial charge in [-0.2, -0.15) is 5.26 Å². The van der Waals surface area contributed by atoms with Crippen LogP contribution >= 0.6 is 11.8 Å². The van der Waals surface area contributed by atoms with Crippen LogP contribution in [0.1, 0.15) is 31.0 Å². The third-order valence-electron chi connectivity index (χ3n) is 2.88. The SMILES string of the molecule is Cc1cc(SCC#N)c2cccc(C(C)C)c2n1. The third-order valence-corrected chi connectivity index (χ3v) is 3.80. The first-order valence-corrected chi connectivity index (χ1v) is 7.02. The second kappa shape index (κ2) is 5.41. The van der Waals surface area contributed by atoms with E-state index in [1.165, 1.54) is 5.56 Å². The lowest BCUT2D eigenvalue weighted by Gasteiger charge is -2.12. The van der Waals surface area contributed by atoms with Crippen LogP contribution in [0.15, 0.2) is 29.2 Å². The molecule has 0 saturated carbocycles. The van der Waals surface area contributed by atoms with Crippen LogP contribution in [0.25, 0.3) is 10.9 Å². The zero-order chi connectivity index (χ0) is 13.1. The molecule has 0 saturated heterocycles. The second-order valence-corrected chi connectivity index (χ2v) is 5.62. The lowest BCUT2D eigenvalue weighted by atomic mass is 9.99. The van der Waals surface area contributed by atoms with Gasteiger partial charge >= 0.3 is 0 Å². The minimum absolute atomic E-state index is 0.455. The molecule has 0 bridgehead atoms. The minimum Gasteiger partial charge on any atom is -0.253 e. The molecular formula is C15H16N2S. The topological polar surface area (TPSA) is 36.7 Å². The van der Waals surface area contributed by atoms with Crippen molar-refractivity contribution in [1.29, 1.82) is 5.26 Å². The Balaban J connectivity index is 2.66. The number of thioether (sulfide) groups is 1. The first kappa shape index (κ1) is 12.9. The molecular weight excluding hydrogens is 240 g/mol. The van der Waals surface area contributed by atoms with Crippen molar-refractivity contribution in [3.05, 3.63) is 35.5 Å². The highest BCUT2D eigenvalue weighted by Crippen LogP contribution is 2.31. The van der Waals surface area contributed by atoms with Crippen LogP contribution in [0.2, 0.25) is 0 Å². The molecule has 3 heteroatoms. The number of fused-ring (bicyclic) bond motifs is 1. The van der Waals surface area contributed by atoms with E-state index < -0.39 is 0 Å². The normalized spacial score (nSPS) is 10.8. The number of aryl methyl sites for hydroxylation is 1. The lowest BCUT2D eigenvalue weighted by Crippen LogP contribution is -1.95. The van der Waals surface area contributed by atoms with Gasteiger partial charge in [-0.15, -0.1) is 11.8 Å². The number of benzene rings is 1. The Labute approximate surface area is 112 Å². The molecule has 92 valence electrons. The maximum atomic E-state index is 8.73. The average molecular weight is 256 g/mol. The summed E-state index contributed by atoms with van der Waals surface area (Å²) in [7, 11) is 0. The highest BCUT2D eigenvalue weighted by atomic mass is 32.2. The number of nitriles is 1. The standard InChI is InChI=1S/C15H16N2S/c1-10(2)12-5-4-6-13-14(18-8-7-16)9-11(3)17-15(12)13/h4-6,9-10H,8H2,1-3H3. The molecule has 0 aliphatic rings. The van der Waals surface area contributed by atoms with Gasteiger partial charge in [-0.3, -0.25) is 4.98 Å². The Morgan fingerprint density at radius 1 is 1.39 bits per heavy atom. The largest absolute Gasteiger partial charge is 0.253 e. The highest BCUT2D eigenvalue weighted by molar-refractivity contribution is 7.99. The van der Waals surface area contributed by atoms with Gasteiger partial charge in [0.05, 0.1) is 17.3 Å². The Hall–Kier alpha value is -1.53. The summed E-state index contributed by atoms with van der Waals surface area (Å²) in [5.41, 5.74) is 3.36. The number of hydrogen-bond acceptors (Lipinski definition) is 3. The molecule has 0 atom stereocenters. The summed E-state index contributed by atoms with van der Waals surface area (Å²) < 4.78 is 0. The van der Waals surface area contributed by atoms with Gasteiger partial charge < -0.3 is 0 Å². The summed E-state index contributed by atoms with van der Waals surface area (Å²) in [5.74, 6) is 0.932. The summed E-state index contributed by atoms with van der Waals surface area (Å²) in [5, 5.41) is 9.88. The molecule has 0 aliphatic heterocycles. The van der Waals surface area contributed by atoms with Gasteiger partial charge in [-0.1, -0.05) is 32.0 Å². The van der Waals surface area contributed by atoms with Crippen LogP contribution in [0, 0.1) is 18.3 Å². The van der Waals surface area contributed by atoms with Gasteiger partial charge in [0.1, 0.15) is 0 Å². The van der Waals surface area contributed by atoms with Crippen molar-refractivity contribution < 1.29 is 0 Å². The summed E-state index contributed by atoms with van der Waals surface area (Å²) in [6.07, 6.45) is 0. The number of pyridine rings is 1. The molecule has 0 aliphatic carbocycles. The average Bonchev–Trinajstić information content (AvgIpc) is 2.34. The molecule has 0 radical (unpaired) electrons. The molecule has 2 rings (SSSR count). The first-order valence-electron chi connectivity index (χ1n) is 6.03. The fraction of sp³-hybridized carbons (Fsp3) is 0.333. The van der Waals surface area contributed by atoms with Crippen molar-refractivity contribution in [2.45, 2.75) is 31.6 Å². The summed E-state index contributed by atoms with van der Waals surface area (Å²) in [6, 6.07) is 10.5. The third kappa shape index (κ3) is 2.49. The monoisotopic (exact) mass is 256 g/mol. The molecule has 0 spiro atoms. The maximum absolute atomic E-state index is 8.73. The Morgan fingerprint density at radius 3 is 2.83 bits per heavy atom. The Bertz CT molecular complexity index is 612. The molecule has 2 nitrogen and oxygen atoms in total.